The molecule has 0 radical (unpaired) electrons. The molecule has 0 saturated carbocycles. The second kappa shape index (κ2) is 5.23. The third-order valence-corrected chi connectivity index (χ3v) is 3.04. The fourth-order valence-corrected chi connectivity index (χ4v) is 1.60. The van der Waals surface area contributed by atoms with Crippen molar-refractivity contribution >= 4 is 33.2 Å². The lowest BCUT2D eigenvalue weighted by molar-refractivity contribution is 1.05. The highest BCUT2D eigenvalue weighted by molar-refractivity contribution is 9.10. The largest absolute Gasteiger partial charge is 0.380 e. The fourth-order valence-electron chi connectivity index (χ4n) is 1.14. The van der Waals surface area contributed by atoms with Crippen LogP contribution in [0.25, 0.3) is 0 Å². The van der Waals surface area contributed by atoms with Crippen molar-refractivity contribution in [2.24, 2.45) is 0 Å². The number of pyridine rings is 1. The van der Waals surface area contributed by atoms with Crippen molar-refractivity contribution < 1.29 is 0 Å². The molecule has 16 heavy (non-hydrogen) atoms. The monoisotopic (exact) mass is 298 g/mol. The van der Waals surface area contributed by atoms with Gasteiger partial charge in [-0.25, -0.2) is 15.0 Å². The maximum absolute atomic E-state index is 5.79. The molecule has 4 nitrogen and oxygen atoms in total. The van der Waals surface area contributed by atoms with Crippen molar-refractivity contribution in [2.75, 3.05) is 5.32 Å². The zero-order valence-corrected chi connectivity index (χ0v) is 10.5. The van der Waals surface area contributed by atoms with Crippen LogP contribution < -0.4 is 5.32 Å². The van der Waals surface area contributed by atoms with Gasteiger partial charge in [0.15, 0.2) is 0 Å². The number of hydrogen-bond acceptors (Lipinski definition) is 4. The zero-order valence-electron chi connectivity index (χ0n) is 8.19. The maximum Gasteiger partial charge on any atom is 0.143 e. The normalized spacial score (nSPS) is 10.1. The number of nitrogens with one attached hydrogen (secondary N) is 1. The van der Waals surface area contributed by atoms with E-state index in [1.165, 1.54) is 6.33 Å². The predicted octanol–water partition coefficient (Wildman–Crippen LogP) is 2.90. The first-order chi connectivity index (χ1) is 7.75. The van der Waals surface area contributed by atoms with Crippen LogP contribution in [0.3, 0.4) is 0 Å². The van der Waals surface area contributed by atoms with Gasteiger partial charge in [-0.15, -0.1) is 0 Å². The lowest BCUT2D eigenvalue weighted by Crippen LogP contribution is -2.00. The Bertz CT molecular complexity index is 478. The van der Waals surface area contributed by atoms with Crippen LogP contribution in [0.2, 0.25) is 5.15 Å². The summed E-state index contributed by atoms with van der Waals surface area (Å²) in [6, 6.07) is 1.87. The molecular formula is C10H8BrClN4. The van der Waals surface area contributed by atoms with Crippen LogP contribution in [0.15, 0.2) is 35.5 Å². The van der Waals surface area contributed by atoms with E-state index >= 15 is 0 Å². The van der Waals surface area contributed by atoms with Crippen LogP contribution in [-0.4, -0.2) is 15.0 Å². The number of aromatic nitrogens is 3. The van der Waals surface area contributed by atoms with E-state index < -0.39 is 0 Å². The van der Waals surface area contributed by atoms with Gasteiger partial charge in [-0.1, -0.05) is 11.6 Å². The molecule has 1 N–H and O–H groups in total. The van der Waals surface area contributed by atoms with E-state index in [2.05, 4.69) is 36.2 Å². The average Bonchev–Trinajstić information content (AvgIpc) is 2.32. The minimum absolute atomic E-state index is 0.452. The third kappa shape index (κ3) is 2.90. The van der Waals surface area contributed by atoms with Gasteiger partial charge in [0.1, 0.15) is 11.5 Å². The van der Waals surface area contributed by atoms with Crippen LogP contribution in [0.1, 0.15) is 5.56 Å². The van der Waals surface area contributed by atoms with Gasteiger partial charge in [-0.3, -0.25) is 0 Å². The Kier molecular flexibility index (Phi) is 3.69. The molecule has 2 heterocycles. The predicted molar refractivity (Wildman–Crippen MR) is 66.3 cm³/mol. The zero-order chi connectivity index (χ0) is 11.4. The molecule has 0 aromatic carbocycles. The number of hydrogen-bond donors (Lipinski definition) is 1. The molecule has 0 amide bonds. The first-order valence-electron chi connectivity index (χ1n) is 4.54. The van der Waals surface area contributed by atoms with Crippen molar-refractivity contribution in [1.82, 2.24) is 15.0 Å². The highest BCUT2D eigenvalue weighted by atomic mass is 79.9. The molecule has 2 aromatic heterocycles. The highest BCUT2D eigenvalue weighted by Crippen LogP contribution is 2.22. The van der Waals surface area contributed by atoms with Gasteiger partial charge in [0.25, 0.3) is 0 Å². The van der Waals surface area contributed by atoms with Gasteiger partial charge in [0.2, 0.25) is 0 Å². The van der Waals surface area contributed by atoms with Crippen LogP contribution >= 0.6 is 27.5 Å². The summed E-state index contributed by atoms with van der Waals surface area (Å²) >= 11 is 9.11. The fraction of sp³-hybridized carbons (Fsp3) is 0.100. The van der Waals surface area contributed by atoms with Crippen LogP contribution in [0.4, 0.5) is 5.69 Å². The molecule has 82 valence electrons. The maximum atomic E-state index is 5.79. The van der Waals surface area contributed by atoms with Crippen molar-refractivity contribution in [3.8, 4) is 0 Å². The van der Waals surface area contributed by atoms with E-state index in [0.717, 1.165) is 15.7 Å². The van der Waals surface area contributed by atoms with E-state index in [1.54, 1.807) is 18.6 Å². The Morgan fingerprint density at radius 2 is 2.00 bits per heavy atom. The van der Waals surface area contributed by atoms with Crippen molar-refractivity contribution in [1.29, 1.82) is 0 Å². The first-order valence-corrected chi connectivity index (χ1v) is 5.71. The smallest absolute Gasteiger partial charge is 0.143 e. The summed E-state index contributed by atoms with van der Waals surface area (Å²) < 4.78 is 0.767. The van der Waals surface area contributed by atoms with E-state index in [0.29, 0.717) is 11.7 Å². The lowest BCUT2D eigenvalue weighted by Gasteiger charge is -2.06. The summed E-state index contributed by atoms with van der Waals surface area (Å²) in [4.78, 5) is 11.9. The minimum atomic E-state index is 0.452. The topological polar surface area (TPSA) is 50.7 Å². The van der Waals surface area contributed by atoms with Gasteiger partial charge in [-0.2, -0.15) is 0 Å². The number of rotatable bonds is 3. The molecule has 0 unspecified atom stereocenters. The molecule has 0 bridgehead atoms. The van der Waals surface area contributed by atoms with Gasteiger partial charge < -0.3 is 5.32 Å². The number of anilines is 1. The molecule has 0 fully saturated rings. The molecule has 6 heteroatoms. The Morgan fingerprint density at radius 3 is 2.69 bits per heavy atom. The van der Waals surface area contributed by atoms with Crippen LogP contribution in [0, 0.1) is 0 Å². The molecule has 2 aromatic rings. The standard InChI is InChI=1S/C10H8BrClN4/c11-9-1-8(5-16-10(9)12)15-4-7-2-13-6-14-3-7/h1-3,5-6,15H,4H2. The quantitative estimate of drug-likeness (QED) is 0.885. The summed E-state index contributed by atoms with van der Waals surface area (Å²) in [7, 11) is 0. The van der Waals surface area contributed by atoms with Gasteiger partial charge in [-0.05, 0) is 22.0 Å². The average molecular weight is 300 g/mol. The van der Waals surface area contributed by atoms with Gasteiger partial charge in [0, 0.05) is 24.5 Å². The van der Waals surface area contributed by atoms with E-state index in [-0.39, 0.29) is 0 Å². The number of nitrogens with zero attached hydrogens (tertiary/aromatic N) is 3. The summed E-state index contributed by atoms with van der Waals surface area (Å²) in [5.41, 5.74) is 1.90. The first kappa shape index (κ1) is 11.3. The van der Waals surface area contributed by atoms with Crippen LogP contribution in [0.5, 0.6) is 0 Å². The minimum Gasteiger partial charge on any atom is -0.380 e. The van der Waals surface area contributed by atoms with E-state index in [1.807, 2.05) is 6.07 Å². The summed E-state index contributed by atoms with van der Waals surface area (Å²) in [6.45, 7) is 0.649. The highest BCUT2D eigenvalue weighted by Gasteiger charge is 2.00. The van der Waals surface area contributed by atoms with Gasteiger partial charge in [0.05, 0.1) is 16.4 Å². The Morgan fingerprint density at radius 1 is 1.25 bits per heavy atom. The third-order valence-electron chi connectivity index (χ3n) is 1.91. The summed E-state index contributed by atoms with van der Waals surface area (Å²) in [6.07, 6.45) is 6.71. The lowest BCUT2D eigenvalue weighted by atomic mass is 10.3. The van der Waals surface area contributed by atoms with E-state index in [9.17, 15) is 0 Å². The SMILES string of the molecule is Clc1ncc(NCc2cncnc2)cc1Br. The molecule has 0 aliphatic carbocycles. The molecule has 0 saturated heterocycles. The summed E-state index contributed by atoms with van der Waals surface area (Å²) in [5, 5.41) is 3.65. The van der Waals surface area contributed by atoms with Crippen molar-refractivity contribution in [3.63, 3.8) is 0 Å². The second-order valence-electron chi connectivity index (χ2n) is 3.10. The van der Waals surface area contributed by atoms with E-state index in [4.69, 9.17) is 11.6 Å². The molecular weight excluding hydrogens is 291 g/mol. The molecule has 0 aliphatic heterocycles. The van der Waals surface area contributed by atoms with Crippen LogP contribution in [-0.2, 0) is 6.54 Å². The second-order valence-corrected chi connectivity index (χ2v) is 4.31. The molecule has 0 atom stereocenters. The molecule has 0 spiro atoms. The Labute approximate surface area is 106 Å². The van der Waals surface area contributed by atoms with Gasteiger partial charge >= 0.3 is 0 Å². The van der Waals surface area contributed by atoms with Crippen molar-refractivity contribution in [2.45, 2.75) is 6.54 Å². The number of halogens is 2. The Balaban J connectivity index is 2.03. The van der Waals surface area contributed by atoms with Crippen molar-refractivity contribution in [3.05, 3.63) is 46.2 Å². The Hall–Kier alpha value is -1.20. The summed E-state index contributed by atoms with van der Waals surface area (Å²) in [5.74, 6) is 0. The molecule has 2 rings (SSSR count). The molecule has 0 aliphatic rings.